The molecule has 0 bridgehead atoms. The predicted octanol–water partition coefficient (Wildman–Crippen LogP) is 2.34. The van der Waals surface area contributed by atoms with Gasteiger partial charge in [0.05, 0.1) is 6.61 Å². The Morgan fingerprint density at radius 1 is 1.44 bits per heavy atom. The highest BCUT2D eigenvalue weighted by Crippen LogP contribution is 2.15. The molecule has 1 heterocycles. The van der Waals surface area contributed by atoms with Crippen molar-refractivity contribution in [2.75, 3.05) is 18.5 Å². The third-order valence-corrected chi connectivity index (χ3v) is 2.64. The monoisotopic (exact) mass is 250 g/mol. The van der Waals surface area contributed by atoms with Gasteiger partial charge in [0.1, 0.15) is 12.0 Å². The Morgan fingerprint density at radius 3 is 2.83 bits per heavy atom. The summed E-state index contributed by atoms with van der Waals surface area (Å²) < 4.78 is 10.6. The van der Waals surface area contributed by atoms with E-state index in [1.54, 1.807) is 12.1 Å². The van der Waals surface area contributed by atoms with Crippen LogP contribution in [0.25, 0.3) is 0 Å². The van der Waals surface area contributed by atoms with Crippen molar-refractivity contribution in [3.05, 3.63) is 24.3 Å². The molecule has 0 saturated carbocycles. The van der Waals surface area contributed by atoms with Gasteiger partial charge >= 0.3 is 6.03 Å². The minimum atomic E-state index is -0.244. The first-order chi connectivity index (χ1) is 8.78. The number of hydrogen-bond donors (Lipinski definition) is 2. The molecule has 1 unspecified atom stereocenters. The Kier molecular flexibility index (Phi) is 4.41. The van der Waals surface area contributed by atoms with E-state index in [2.05, 4.69) is 10.6 Å². The molecule has 2 rings (SSSR count). The molecule has 1 fully saturated rings. The molecule has 1 aliphatic heterocycles. The van der Waals surface area contributed by atoms with Gasteiger partial charge in [-0.1, -0.05) is 0 Å². The number of carbonyl (C=O) groups is 1. The lowest BCUT2D eigenvalue weighted by Gasteiger charge is -2.13. The largest absolute Gasteiger partial charge is 0.494 e. The van der Waals surface area contributed by atoms with Crippen molar-refractivity contribution in [2.45, 2.75) is 26.0 Å². The van der Waals surface area contributed by atoms with Gasteiger partial charge in [-0.3, -0.25) is 0 Å². The van der Waals surface area contributed by atoms with Gasteiger partial charge in [0.25, 0.3) is 0 Å². The second-order valence-electron chi connectivity index (χ2n) is 4.06. The summed E-state index contributed by atoms with van der Waals surface area (Å²) in [5, 5.41) is 5.52. The average molecular weight is 250 g/mol. The lowest BCUT2D eigenvalue weighted by Crippen LogP contribution is -2.37. The Morgan fingerprint density at radius 2 is 2.22 bits per heavy atom. The van der Waals surface area contributed by atoms with Crippen LogP contribution in [-0.4, -0.2) is 25.5 Å². The van der Waals surface area contributed by atoms with Gasteiger partial charge in [-0.25, -0.2) is 4.79 Å². The summed E-state index contributed by atoms with van der Waals surface area (Å²) in [4.78, 5) is 11.6. The van der Waals surface area contributed by atoms with Crippen molar-refractivity contribution >= 4 is 11.7 Å². The van der Waals surface area contributed by atoms with Crippen molar-refractivity contribution in [1.29, 1.82) is 0 Å². The van der Waals surface area contributed by atoms with Crippen LogP contribution in [0.15, 0.2) is 24.3 Å². The Hall–Kier alpha value is -1.75. The molecule has 0 radical (unpaired) electrons. The fraction of sp³-hybridized carbons (Fsp3) is 0.462. The maximum Gasteiger partial charge on any atom is 0.321 e. The van der Waals surface area contributed by atoms with E-state index in [1.165, 1.54) is 0 Å². The highest BCUT2D eigenvalue weighted by molar-refractivity contribution is 5.89. The molecule has 5 nitrogen and oxygen atoms in total. The van der Waals surface area contributed by atoms with E-state index < -0.39 is 0 Å². The van der Waals surface area contributed by atoms with E-state index in [4.69, 9.17) is 9.47 Å². The Labute approximate surface area is 106 Å². The number of carbonyl (C=O) groups excluding carboxylic acids is 1. The lowest BCUT2D eigenvalue weighted by molar-refractivity contribution is 0.0928. The summed E-state index contributed by atoms with van der Waals surface area (Å²) in [6, 6.07) is 7.02. The number of rotatable bonds is 4. The summed E-state index contributed by atoms with van der Waals surface area (Å²) in [6.45, 7) is 3.28. The number of nitrogens with one attached hydrogen (secondary N) is 2. The highest BCUT2D eigenvalue weighted by Gasteiger charge is 2.17. The first-order valence-corrected chi connectivity index (χ1v) is 6.20. The smallest absolute Gasteiger partial charge is 0.321 e. The topological polar surface area (TPSA) is 59.6 Å². The van der Waals surface area contributed by atoms with Crippen LogP contribution in [0.2, 0.25) is 0 Å². The van der Waals surface area contributed by atoms with Gasteiger partial charge in [-0.2, -0.15) is 0 Å². The molecule has 1 atom stereocenters. The number of hydrogen-bond acceptors (Lipinski definition) is 3. The average Bonchev–Trinajstić information content (AvgIpc) is 2.84. The van der Waals surface area contributed by atoms with Gasteiger partial charge in [-0.05, 0) is 44.0 Å². The second-order valence-corrected chi connectivity index (χ2v) is 4.06. The van der Waals surface area contributed by atoms with Crippen LogP contribution >= 0.6 is 0 Å². The third kappa shape index (κ3) is 3.63. The third-order valence-electron chi connectivity index (χ3n) is 2.64. The zero-order valence-corrected chi connectivity index (χ0v) is 10.4. The minimum Gasteiger partial charge on any atom is -0.494 e. The fourth-order valence-electron chi connectivity index (χ4n) is 1.81. The van der Waals surface area contributed by atoms with Crippen molar-refractivity contribution < 1.29 is 14.3 Å². The highest BCUT2D eigenvalue weighted by atomic mass is 16.5. The second kappa shape index (κ2) is 6.26. The van der Waals surface area contributed by atoms with Crippen molar-refractivity contribution in [2.24, 2.45) is 0 Å². The molecule has 1 aromatic carbocycles. The fourth-order valence-corrected chi connectivity index (χ4v) is 1.81. The molecule has 18 heavy (non-hydrogen) atoms. The van der Waals surface area contributed by atoms with E-state index in [0.29, 0.717) is 13.2 Å². The lowest BCUT2D eigenvalue weighted by atomic mass is 10.3. The first-order valence-electron chi connectivity index (χ1n) is 6.20. The van der Waals surface area contributed by atoms with Gasteiger partial charge in [0, 0.05) is 12.3 Å². The number of anilines is 1. The summed E-state index contributed by atoms with van der Waals surface area (Å²) >= 11 is 0. The van der Waals surface area contributed by atoms with Crippen LogP contribution in [-0.2, 0) is 4.74 Å². The molecule has 98 valence electrons. The van der Waals surface area contributed by atoms with E-state index in [9.17, 15) is 4.79 Å². The Balaban J connectivity index is 1.82. The van der Waals surface area contributed by atoms with E-state index >= 15 is 0 Å². The number of ether oxygens (including phenoxy) is 2. The first kappa shape index (κ1) is 12.7. The molecule has 0 aliphatic carbocycles. The molecule has 1 saturated heterocycles. The summed E-state index contributed by atoms with van der Waals surface area (Å²) in [5.41, 5.74) is 0.731. The molecule has 0 spiro atoms. The summed E-state index contributed by atoms with van der Waals surface area (Å²) in [7, 11) is 0. The number of urea groups is 1. The van der Waals surface area contributed by atoms with Gasteiger partial charge in [0.2, 0.25) is 0 Å². The van der Waals surface area contributed by atoms with Crippen molar-refractivity contribution in [1.82, 2.24) is 5.32 Å². The van der Waals surface area contributed by atoms with Crippen LogP contribution < -0.4 is 15.4 Å². The minimum absolute atomic E-state index is 0.160. The van der Waals surface area contributed by atoms with Crippen LogP contribution in [0.5, 0.6) is 5.75 Å². The molecule has 0 aromatic heterocycles. The maximum atomic E-state index is 11.6. The summed E-state index contributed by atoms with van der Waals surface area (Å²) in [6.07, 6.45) is 1.71. The molecule has 1 aliphatic rings. The van der Waals surface area contributed by atoms with Crippen LogP contribution in [0.3, 0.4) is 0 Å². The van der Waals surface area contributed by atoms with Gasteiger partial charge in [-0.15, -0.1) is 0 Å². The SMILES string of the molecule is CCOc1ccc(NC(=O)NC2CCCO2)cc1. The quantitative estimate of drug-likeness (QED) is 0.862. The van der Waals surface area contributed by atoms with Crippen LogP contribution in [0.1, 0.15) is 19.8 Å². The zero-order chi connectivity index (χ0) is 12.8. The molecule has 1 aromatic rings. The normalized spacial score (nSPS) is 18.4. The molecule has 2 N–H and O–H groups in total. The summed E-state index contributed by atoms with van der Waals surface area (Å²) in [5.74, 6) is 0.794. The number of benzene rings is 1. The zero-order valence-electron chi connectivity index (χ0n) is 10.4. The maximum absolute atomic E-state index is 11.6. The molecule has 2 amide bonds. The molecular weight excluding hydrogens is 232 g/mol. The van der Waals surface area contributed by atoms with Crippen molar-refractivity contribution in [3.8, 4) is 5.75 Å². The van der Waals surface area contributed by atoms with E-state index in [0.717, 1.165) is 24.3 Å². The van der Waals surface area contributed by atoms with Gasteiger partial charge < -0.3 is 20.1 Å². The predicted molar refractivity (Wildman–Crippen MR) is 68.7 cm³/mol. The standard InChI is InChI=1S/C13H18N2O3/c1-2-17-11-7-5-10(6-8-11)14-13(16)15-12-4-3-9-18-12/h5-8,12H,2-4,9H2,1H3,(H2,14,15,16). The van der Waals surface area contributed by atoms with Crippen LogP contribution in [0, 0.1) is 0 Å². The van der Waals surface area contributed by atoms with Gasteiger partial charge in [0.15, 0.2) is 0 Å². The molecular formula is C13H18N2O3. The van der Waals surface area contributed by atoms with Crippen molar-refractivity contribution in [3.63, 3.8) is 0 Å². The Bertz CT molecular complexity index is 386. The van der Waals surface area contributed by atoms with E-state index in [1.807, 2.05) is 19.1 Å². The number of amides is 2. The van der Waals surface area contributed by atoms with E-state index in [-0.39, 0.29) is 12.3 Å². The van der Waals surface area contributed by atoms with Crippen LogP contribution in [0.4, 0.5) is 10.5 Å². The molecule has 5 heteroatoms.